The summed E-state index contributed by atoms with van der Waals surface area (Å²) >= 11 is 0. The van der Waals surface area contributed by atoms with Gasteiger partial charge in [-0.3, -0.25) is 37.3 Å². The Bertz CT molecular complexity index is 1520. The van der Waals surface area contributed by atoms with Gasteiger partial charge in [0.05, 0.1) is 26.4 Å². The highest BCUT2D eigenvalue weighted by molar-refractivity contribution is 7.47. The minimum atomic E-state index is -4.93. The molecule has 456 valence electrons. The molecule has 3 N–H and O–H groups in total. The van der Waals surface area contributed by atoms with Crippen molar-refractivity contribution in [2.75, 3.05) is 39.6 Å². The first-order chi connectivity index (χ1) is 37.0. The maximum absolute atomic E-state index is 12.9. The normalized spacial score (nSPS) is 14.4. The Morgan fingerprint density at radius 3 is 0.883 bits per heavy atom. The number of carbonyl (C=O) groups is 4. The molecule has 0 spiro atoms. The summed E-state index contributed by atoms with van der Waals surface area (Å²) in [6.07, 6.45) is 33.6. The minimum Gasteiger partial charge on any atom is -0.462 e. The fourth-order valence-corrected chi connectivity index (χ4v) is 10.1. The highest BCUT2D eigenvalue weighted by atomic mass is 31.2. The largest absolute Gasteiger partial charge is 0.472 e. The fourth-order valence-electron chi connectivity index (χ4n) is 8.52. The van der Waals surface area contributed by atoms with Crippen molar-refractivity contribution in [3.63, 3.8) is 0 Å². The van der Waals surface area contributed by atoms with Crippen LogP contribution in [0.4, 0.5) is 0 Å². The van der Waals surface area contributed by atoms with Crippen molar-refractivity contribution in [2.45, 2.75) is 303 Å². The molecule has 0 aliphatic heterocycles. The van der Waals surface area contributed by atoms with E-state index in [2.05, 4.69) is 34.6 Å². The molecule has 0 radical (unpaired) electrons. The maximum atomic E-state index is 12.9. The molecule has 0 rings (SSSR count). The van der Waals surface area contributed by atoms with Gasteiger partial charge in [0, 0.05) is 25.7 Å². The first-order valence-corrected chi connectivity index (χ1v) is 33.6. The van der Waals surface area contributed by atoms with Gasteiger partial charge in [-0.2, -0.15) is 0 Å². The second-order valence-electron chi connectivity index (χ2n) is 21.5. The minimum absolute atomic E-state index is 0.102. The van der Waals surface area contributed by atoms with Crippen molar-refractivity contribution in [1.29, 1.82) is 0 Å². The summed E-state index contributed by atoms with van der Waals surface area (Å²) in [6, 6.07) is 0. The Balaban J connectivity index is 5.22. The second-order valence-corrected chi connectivity index (χ2v) is 24.4. The van der Waals surface area contributed by atoms with E-state index in [0.29, 0.717) is 31.6 Å². The Morgan fingerprint density at radius 2 is 0.597 bits per heavy atom. The summed E-state index contributed by atoms with van der Waals surface area (Å²) < 4.78 is 67.6. The smallest absolute Gasteiger partial charge is 0.462 e. The van der Waals surface area contributed by atoms with E-state index in [9.17, 15) is 43.2 Å². The predicted molar refractivity (Wildman–Crippen MR) is 303 cm³/mol. The van der Waals surface area contributed by atoms with E-state index in [1.54, 1.807) is 0 Å². The number of aliphatic hydroxyl groups is 1. The average molecular weight is 1140 g/mol. The first-order valence-electron chi connectivity index (χ1n) is 30.6. The van der Waals surface area contributed by atoms with Crippen molar-refractivity contribution in [2.24, 2.45) is 5.92 Å². The van der Waals surface area contributed by atoms with Crippen molar-refractivity contribution in [3.05, 3.63) is 0 Å². The van der Waals surface area contributed by atoms with Crippen LogP contribution in [0, 0.1) is 5.92 Å². The summed E-state index contributed by atoms with van der Waals surface area (Å²) in [5, 5.41) is 10.5. The third-order valence-corrected chi connectivity index (χ3v) is 15.2. The van der Waals surface area contributed by atoms with Crippen molar-refractivity contribution in [3.8, 4) is 0 Å². The summed E-state index contributed by atoms with van der Waals surface area (Å²) in [5.41, 5.74) is 0. The van der Waals surface area contributed by atoms with Gasteiger partial charge in [0.25, 0.3) is 0 Å². The number of aliphatic hydroxyl groups excluding tert-OH is 1. The average Bonchev–Trinajstić information content (AvgIpc) is 3.39. The lowest BCUT2D eigenvalue weighted by Gasteiger charge is -2.21. The van der Waals surface area contributed by atoms with Gasteiger partial charge in [0.1, 0.15) is 19.3 Å². The van der Waals surface area contributed by atoms with Crippen molar-refractivity contribution in [1.82, 2.24) is 0 Å². The second kappa shape index (κ2) is 52.2. The van der Waals surface area contributed by atoms with Crippen LogP contribution in [0.5, 0.6) is 0 Å². The van der Waals surface area contributed by atoms with Crippen LogP contribution in [0.3, 0.4) is 0 Å². The molecule has 0 bridgehead atoms. The molecule has 19 heteroatoms. The zero-order valence-electron chi connectivity index (χ0n) is 49.1. The summed E-state index contributed by atoms with van der Waals surface area (Å²) in [6.45, 7) is 7.01. The van der Waals surface area contributed by atoms with Gasteiger partial charge >= 0.3 is 39.5 Å². The van der Waals surface area contributed by atoms with E-state index < -0.39 is 97.5 Å². The Morgan fingerprint density at radius 1 is 0.351 bits per heavy atom. The van der Waals surface area contributed by atoms with Gasteiger partial charge in [-0.15, -0.1) is 0 Å². The molecule has 0 saturated carbocycles. The number of esters is 4. The molecule has 0 aromatic rings. The van der Waals surface area contributed by atoms with Crippen LogP contribution in [0.2, 0.25) is 0 Å². The van der Waals surface area contributed by atoms with Crippen molar-refractivity contribution < 1.29 is 80.2 Å². The Kier molecular flexibility index (Phi) is 50.8. The van der Waals surface area contributed by atoms with E-state index >= 15 is 0 Å². The topological polar surface area (TPSA) is 237 Å². The molecule has 2 unspecified atom stereocenters. The first kappa shape index (κ1) is 75.1. The SMILES string of the molecule is CCCCCCCCCCCCC(=O)OC[C@H](COP(=O)(O)OC[C@@H](O)COP(=O)(O)OC[C@@H](COC(=O)CCCCCCCCCC)OC(=O)CCCCCCCCC(C)C)OC(=O)CCCCCCCCCCCC. The van der Waals surface area contributed by atoms with Crippen LogP contribution >= 0.6 is 15.6 Å². The van der Waals surface area contributed by atoms with E-state index in [1.165, 1.54) is 103 Å². The molecular formula is C58H112O17P2. The zero-order chi connectivity index (χ0) is 57.1. The number of hydrogen-bond donors (Lipinski definition) is 3. The van der Waals surface area contributed by atoms with Crippen LogP contribution in [-0.2, 0) is 65.4 Å². The lowest BCUT2D eigenvalue weighted by Crippen LogP contribution is -2.30. The summed E-state index contributed by atoms with van der Waals surface area (Å²) in [4.78, 5) is 71.8. The molecular weight excluding hydrogens is 1030 g/mol. The van der Waals surface area contributed by atoms with E-state index in [-0.39, 0.29) is 25.7 Å². The molecule has 0 aromatic heterocycles. The van der Waals surface area contributed by atoms with Crippen LogP contribution < -0.4 is 0 Å². The number of phosphoric ester groups is 2. The highest BCUT2D eigenvalue weighted by Gasteiger charge is 2.30. The maximum Gasteiger partial charge on any atom is 0.472 e. The zero-order valence-corrected chi connectivity index (χ0v) is 50.9. The van der Waals surface area contributed by atoms with Gasteiger partial charge in [-0.05, 0) is 31.6 Å². The summed E-state index contributed by atoms with van der Waals surface area (Å²) in [5.74, 6) is -1.48. The van der Waals surface area contributed by atoms with Gasteiger partial charge in [-0.25, -0.2) is 9.13 Å². The Labute approximate surface area is 467 Å². The Hall–Kier alpha value is -1.94. The van der Waals surface area contributed by atoms with Gasteiger partial charge in [-0.1, -0.05) is 234 Å². The number of ether oxygens (including phenoxy) is 4. The number of hydrogen-bond acceptors (Lipinski definition) is 15. The van der Waals surface area contributed by atoms with Gasteiger partial charge in [0.2, 0.25) is 0 Å². The molecule has 0 aliphatic carbocycles. The van der Waals surface area contributed by atoms with E-state index in [0.717, 1.165) is 96.3 Å². The summed E-state index contributed by atoms with van der Waals surface area (Å²) in [7, 11) is -9.87. The molecule has 0 aromatic carbocycles. The quantitative estimate of drug-likeness (QED) is 0.0222. The molecule has 0 saturated heterocycles. The number of rotatable bonds is 58. The molecule has 0 aliphatic rings. The molecule has 5 atom stereocenters. The molecule has 77 heavy (non-hydrogen) atoms. The van der Waals surface area contributed by atoms with E-state index in [4.69, 9.17) is 37.0 Å². The number of phosphoric acid groups is 2. The highest BCUT2D eigenvalue weighted by Crippen LogP contribution is 2.45. The van der Waals surface area contributed by atoms with Gasteiger partial charge < -0.3 is 33.8 Å². The molecule has 0 heterocycles. The number of unbranched alkanes of at least 4 members (excludes halogenated alkanes) is 30. The molecule has 0 amide bonds. The number of carbonyl (C=O) groups excluding carboxylic acids is 4. The van der Waals surface area contributed by atoms with Crippen LogP contribution in [0.1, 0.15) is 285 Å². The van der Waals surface area contributed by atoms with E-state index in [1.807, 2.05) is 0 Å². The molecule has 17 nitrogen and oxygen atoms in total. The lowest BCUT2D eigenvalue weighted by molar-refractivity contribution is -0.161. The van der Waals surface area contributed by atoms with Crippen LogP contribution in [0.15, 0.2) is 0 Å². The predicted octanol–water partition coefficient (Wildman–Crippen LogP) is 15.5. The van der Waals surface area contributed by atoms with Crippen molar-refractivity contribution >= 4 is 39.5 Å². The van der Waals surface area contributed by atoms with Crippen LogP contribution in [-0.4, -0.2) is 96.7 Å². The third-order valence-electron chi connectivity index (χ3n) is 13.3. The standard InChI is InChI=1S/C58H112O17P2/c1-6-9-12-15-18-21-23-26-32-37-42-56(61)69-47-53(74-57(62)43-38-33-27-24-22-19-16-13-10-7-2)49-72-76(64,65)70-45-52(59)46-71-77(66,67)73-50-54(48-68-55(60)41-36-31-25-20-17-14-11-8-3)75-58(63)44-39-34-29-28-30-35-40-51(4)5/h51-54,59H,6-50H2,1-5H3,(H,64,65)(H,66,67)/t52-,53-,54-/m1/s1. The monoisotopic (exact) mass is 1140 g/mol. The third kappa shape index (κ3) is 53.2. The van der Waals surface area contributed by atoms with Crippen LogP contribution in [0.25, 0.3) is 0 Å². The fraction of sp³-hybridized carbons (Fsp3) is 0.931. The lowest BCUT2D eigenvalue weighted by atomic mass is 10.0. The molecule has 0 fully saturated rings. The van der Waals surface area contributed by atoms with Gasteiger partial charge in [0.15, 0.2) is 12.2 Å².